The van der Waals surface area contributed by atoms with Gasteiger partial charge in [0, 0.05) is 25.7 Å². The predicted molar refractivity (Wildman–Crippen MR) is 67.6 cm³/mol. The van der Waals surface area contributed by atoms with Gasteiger partial charge in [0.2, 0.25) is 5.91 Å². The standard InChI is InChI=1S/C12H25N3O2/c1-2-3-11(16)8-14-12(17)9-15-6-4-10(13)5-7-15/h10-11,16H,2-9,13H2,1H3,(H,14,17). The van der Waals surface area contributed by atoms with Gasteiger partial charge in [0.25, 0.3) is 0 Å². The Hall–Kier alpha value is -0.650. The number of nitrogens with zero attached hydrogens (tertiary/aromatic N) is 1. The van der Waals surface area contributed by atoms with Crippen molar-refractivity contribution in [2.75, 3.05) is 26.2 Å². The van der Waals surface area contributed by atoms with E-state index in [-0.39, 0.29) is 5.91 Å². The first-order chi connectivity index (χ1) is 8.11. The lowest BCUT2D eigenvalue weighted by molar-refractivity contribution is -0.123. The molecule has 1 saturated heterocycles. The highest BCUT2D eigenvalue weighted by Gasteiger charge is 2.18. The summed E-state index contributed by atoms with van der Waals surface area (Å²) in [4.78, 5) is 13.7. The van der Waals surface area contributed by atoms with Crippen molar-refractivity contribution in [3.63, 3.8) is 0 Å². The van der Waals surface area contributed by atoms with Crippen LogP contribution in [-0.4, -0.2) is 54.2 Å². The zero-order chi connectivity index (χ0) is 12.7. The molecule has 0 aromatic heterocycles. The lowest BCUT2D eigenvalue weighted by Gasteiger charge is -2.29. The van der Waals surface area contributed by atoms with E-state index in [0.29, 0.717) is 19.1 Å². The first-order valence-electron chi connectivity index (χ1n) is 6.54. The minimum Gasteiger partial charge on any atom is -0.391 e. The maximum atomic E-state index is 11.6. The molecule has 17 heavy (non-hydrogen) atoms. The lowest BCUT2D eigenvalue weighted by Crippen LogP contribution is -2.45. The summed E-state index contributed by atoms with van der Waals surface area (Å²) in [6.45, 7) is 4.59. The second kappa shape index (κ2) is 7.63. The molecule has 1 unspecified atom stereocenters. The van der Waals surface area contributed by atoms with Crippen LogP contribution in [0.4, 0.5) is 0 Å². The smallest absolute Gasteiger partial charge is 0.234 e. The second-order valence-electron chi connectivity index (χ2n) is 4.86. The van der Waals surface area contributed by atoms with Crippen LogP contribution >= 0.6 is 0 Å². The van der Waals surface area contributed by atoms with Gasteiger partial charge in [-0.2, -0.15) is 0 Å². The molecule has 1 aliphatic heterocycles. The van der Waals surface area contributed by atoms with Crippen LogP contribution < -0.4 is 11.1 Å². The van der Waals surface area contributed by atoms with Gasteiger partial charge in [0.15, 0.2) is 0 Å². The fourth-order valence-corrected chi connectivity index (χ4v) is 2.04. The number of rotatable bonds is 6. The third-order valence-electron chi connectivity index (χ3n) is 3.16. The molecule has 100 valence electrons. The summed E-state index contributed by atoms with van der Waals surface area (Å²) in [6.07, 6.45) is 3.18. The summed E-state index contributed by atoms with van der Waals surface area (Å²) in [5, 5.41) is 12.3. The Morgan fingerprint density at radius 2 is 2.18 bits per heavy atom. The van der Waals surface area contributed by atoms with Crippen molar-refractivity contribution >= 4 is 5.91 Å². The normalized spacial score (nSPS) is 20.2. The minimum atomic E-state index is -0.418. The number of nitrogens with one attached hydrogen (secondary N) is 1. The van der Waals surface area contributed by atoms with E-state index in [1.54, 1.807) is 0 Å². The molecule has 0 spiro atoms. The van der Waals surface area contributed by atoms with Crippen LogP contribution in [0.5, 0.6) is 0 Å². The minimum absolute atomic E-state index is 0.00405. The van der Waals surface area contributed by atoms with Crippen molar-refractivity contribution in [2.24, 2.45) is 5.73 Å². The Morgan fingerprint density at radius 3 is 2.76 bits per heavy atom. The van der Waals surface area contributed by atoms with E-state index in [1.807, 2.05) is 6.92 Å². The van der Waals surface area contributed by atoms with E-state index in [1.165, 1.54) is 0 Å². The van der Waals surface area contributed by atoms with Crippen molar-refractivity contribution in [3.05, 3.63) is 0 Å². The fourth-order valence-electron chi connectivity index (χ4n) is 2.04. The Kier molecular flexibility index (Phi) is 6.47. The first-order valence-corrected chi connectivity index (χ1v) is 6.54. The van der Waals surface area contributed by atoms with Gasteiger partial charge in [0.1, 0.15) is 0 Å². The number of likely N-dealkylation sites (tertiary alicyclic amines) is 1. The van der Waals surface area contributed by atoms with Gasteiger partial charge in [-0.25, -0.2) is 0 Å². The number of piperidine rings is 1. The average Bonchev–Trinajstić information content (AvgIpc) is 2.30. The van der Waals surface area contributed by atoms with Crippen molar-refractivity contribution in [3.8, 4) is 0 Å². The van der Waals surface area contributed by atoms with Crippen LogP contribution in [0.3, 0.4) is 0 Å². The van der Waals surface area contributed by atoms with Gasteiger partial charge in [-0.3, -0.25) is 9.69 Å². The highest BCUT2D eigenvalue weighted by Crippen LogP contribution is 2.07. The zero-order valence-corrected chi connectivity index (χ0v) is 10.7. The molecule has 1 amide bonds. The van der Waals surface area contributed by atoms with Gasteiger partial charge in [-0.05, 0) is 19.3 Å². The Labute approximate surface area is 103 Å². The Bertz CT molecular complexity index is 228. The summed E-state index contributed by atoms with van der Waals surface area (Å²) >= 11 is 0. The second-order valence-corrected chi connectivity index (χ2v) is 4.86. The Morgan fingerprint density at radius 1 is 1.53 bits per heavy atom. The lowest BCUT2D eigenvalue weighted by atomic mass is 10.1. The van der Waals surface area contributed by atoms with Crippen LogP contribution in [0.1, 0.15) is 32.6 Å². The van der Waals surface area contributed by atoms with Crippen LogP contribution in [-0.2, 0) is 4.79 Å². The largest absolute Gasteiger partial charge is 0.391 e. The number of aliphatic hydroxyl groups excluding tert-OH is 1. The number of aliphatic hydroxyl groups is 1. The van der Waals surface area contributed by atoms with Gasteiger partial charge in [-0.1, -0.05) is 13.3 Å². The highest BCUT2D eigenvalue weighted by molar-refractivity contribution is 5.78. The summed E-state index contributed by atoms with van der Waals surface area (Å²) in [5.74, 6) is -0.00405. The number of amides is 1. The molecule has 0 aromatic carbocycles. The third-order valence-corrected chi connectivity index (χ3v) is 3.16. The molecule has 1 aliphatic rings. The molecule has 1 fully saturated rings. The van der Waals surface area contributed by atoms with E-state index >= 15 is 0 Å². The van der Waals surface area contributed by atoms with Gasteiger partial charge < -0.3 is 16.2 Å². The summed E-state index contributed by atoms with van der Waals surface area (Å²) < 4.78 is 0. The number of nitrogens with two attached hydrogens (primary N) is 1. The van der Waals surface area contributed by atoms with Crippen molar-refractivity contribution in [1.82, 2.24) is 10.2 Å². The molecule has 5 nitrogen and oxygen atoms in total. The van der Waals surface area contributed by atoms with Gasteiger partial charge >= 0.3 is 0 Å². The summed E-state index contributed by atoms with van der Waals surface area (Å²) in [6, 6.07) is 0.292. The van der Waals surface area contributed by atoms with Crippen LogP contribution in [0, 0.1) is 0 Å². The number of carbonyl (C=O) groups is 1. The topological polar surface area (TPSA) is 78.6 Å². The molecule has 4 N–H and O–H groups in total. The summed E-state index contributed by atoms with van der Waals surface area (Å²) in [5.41, 5.74) is 5.80. The maximum Gasteiger partial charge on any atom is 0.234 e. The summed E-state index contributed by atoms with van der Waals surface area (Å²) in [7, 11) is 0. The number of carbonyl (C=O) groups excluding carboxylic acids is 1. The number of hydrogen-bond donors (Lipinski definition) is 3. The van der Waals surface area contributed by atoms with E-state index in [4.69, 9.17) is 5.73 Å². The van der Waals surface area contributed by atoms with Crippen LogP contribution in [0.25, 0.3) is 0 Å². The fraction of sp³-hybridized carbons (Fsp3) is 0.917. The molecule has 0 saturated carbocycles. The monoisotopic (exact) mass is 243 g/mol. The molecule has 5 heteroatoms. The van der Waals surface area contributed by atoms with Crippen molar-refractivity contribution in [2.45, 2.75) is 44.8 Å². The molecular weight excluding hydrogens is 218 g/mol. The molecule has 0 aliphatic carbocycles. The molecule has 0 radical (unpaired) electrons. The predicted octanol–water partition coefficient (Wildman–Crippen LogP) is -0.313. The van der Waals surface area contributed by atoms with E-state index in [0.717, 1.165) is 38.8 Å². The van der Waals surface area contributed by atoms with Crippen LogP contribution in [0.2, 0.25) is 0 Å². The quantitative estimate of drug-likeness (QED) is 0.598. The van der Waals surface area contributed by atoms with Gasteiger partial charge in [-0.15, -0.1) is 0 Å². The van der Waals surface area contributed by atoms with E-state index in [2.05, 4.69) is 10.2 Å². The molecule has 1 rings (SSSR count). The van der Waals surface area contributed by atoms with Gasteiger partial charge in [0.05, 0.1) is 12.6 Å². The molecule has 0 aromatic rings. The third kappa shape index (κ3) is 6.00. The van der Waals surface area contributed by atoms with Crippen LogP contribution in [0.15, 0.2) is 0 Å². The maximum absolute atomic E-state index is 11.6. The molecule has 1 atom stereocenters. The average molecular weight is 243 g/mol. The van der Waals surface area contributed by atoms with E-state index < -0.39 is 6.10 Å². The first kappa shape index (κ1) is 14.4. The Balaban J connectivity index is 2.12. The number of hydrogen-bond acceptors (Lipinski definition) is 4. The zero-order valence-electron chi connectivity index (χ0n) is 10.7. The highest BCUT2D eigenvalue weighted by atomic mass is 16.3. The SMILES string of the molecule is CCCC(O)CNC(=O)CN1CCC(N)CC1. The van der Waals surface area contributed by atoms with E-state index in [9.17, 15) is 9.90 Å². The van der Waals surface area contributed by atoms with Crippen molar-refractivity contribution < 1.29 is 9.90 Å². The van der Waals surface area contributed by atoms with Crippen molar-refractivity contribution in [1.29, 1.82) is 0 Å². The molecule has 1 heterocycles. The molecular formula is C12H25N3O2. The molecule has 0 bridgehead atoms.